The van der Waals surface area contributed by atoms with E-state index in [0.717, 1.165) is 25.7 Å². The van der Waals surface area contributed by atoms with Gasteiger partial charge < -0.3 is 21.1 Å². The number of carboxylic acids is 1. The minimum Gasteiger partial charge on any atom is -0.475 e. The Labute approximate surface area is 160 Å². The van der Waals surface area contributed by atoms with E-state index in [0.29, 0.717) is 19.0 Å². The molecular weight excluding hydrogens is 381 g/mol. The number of nitrogens with one attached hydrogen (secondary N) is 1. The van der Waals surface area contributed by atoms with Crippen LogP contribution in [0.25, 0.3) is 0 Å². The molecule has 0 spiro atoms. The maximum Gasteiger partial charge on any atom is 0.490 e. The second kappa shape index (κ2) is 10.8. The van der Waals surface area contributed by atoms with Crippen LogP contribution in [0.1, 0.15) is 51.4 Å². The van der Waals surface area contributed by atoms with Gasteiger partial charge in [-0.3, -0.25) is 9.59 Å². The summed E-state index contributed by atoms with van der Waals surface area (Å²) in [6.07, 6.45) is 1.54. The zero-order valence-electron chi connectivity index (χ0n) is 15.4. The minimum atomic E-state index is -5.08. The van der Waals surface area contributed by atoms with Crippen molar-refractivity contribution in [2.45, 2.75) is 75.7 Å². The van der Waals surface area contributed by atoms with Gasteiger partial charge in [0.15, 0.2) is 0 Å². The summed E-state index contributed by atoms with van der Waals surface area (Å²) in [5.41, 5.74) is 5.89. The number of aliphatic carboxylic acids is 1. The summed E-state index contributed by atoms with van der Waals surface area (Å²) in [4.78, 5) is 34.5. The monoisotopic (exact) mass is 406 g/mol. The fourth-order valence-corrected chi connectivity index (χ4v) is 3.16. The highest BCUT2D eigenvalue weighted by atomic mass is 19.4. The van der Waals surface area contributed by atoms with Gasteiger partial charge in [-0.05, 0) is 32.1 Å². The van der Waals surface area contributed by atoms with Crippen LogP contribution in [0.5, 0.6) is 0 Å². The largest absolute Gasteiger partial charge is 0.490 e. The molecule has 158 valence electrons. The third-order valence-corrected chi connectivity index (χ3v) is 4.65. The van der Waals surface area contributed by atoms with Crippen molar-refractivity contribution in [1.29, 1.82) is 5.26 Å². The average Bonchev–Trinajstić information content (AvgIpc) is 3.29. The maximum absolute atomic E-state index is 12.2. The van der Waals surface area contributed by atoms with Gasteiger partial charge in [0.1, 0.15) is 6.04 Å². The second-order valence-electron chi connectivity index (χ2n) is 6.82. The lowest BCUT2D eigenvalue weighted by Gasteiger charge is -2.23. The highest BCUT2D eigenvalue weighted by Gasteiger charge is 2.38. The van der Waals surface area contributed by atoms with Crippen LogP contribution in [0.4, 0.5) is 13.2 Å². The first-order valence-corrected chi connectivity index (χ1v) is 9.11. The quantitative estimate of drug-likeness (QED) is 0.629. The Hall–Kier alpha value is -2.35. The third-order valence-electron chi connectivity index (χ3n) is 4.65. The fraction of sp³-hybridized carbons (Fsp3) is 0.765. The number of carbonyl (C=O) groups excluding carboxylic acids is 2. The standard InChI is InChI=1S/C15H24N4O2.C2HF3O2/c16-10-12-6-3-9-19(12)15(21)13(17)7-8-14(20)18-11-4-1-2-5-11;3-2(4,5)1(6)7/h11-13H,1-9,17H2,(H,18,20);(H,6,7)/t12-,13-;/m0./s1. The number of nitrogens with zero attached hydrogens (tertiary/aromatic N) is 2. The van der Waals surface area contributed by atoms with Crippen molar-refractivity contribution < 1.29 is 32.7 Å². The number of nitriles is 1. The Morgan fingerprint density at radius 2 is 1.79 bits per heavy atom. The molecule has 0 aromatic carbocycles. The van der Waals surface area contributed by atoms with Gasteiger partial charge in [0.05, 0.1) is 12.1 Å². The lowest BCUT2D eigenvalue weighted by atomic mass is 10.1. The number of likely N-dealkylation sites (tertiary alicyclic amines) is 1. The van der Waals surface area contributed by atoms with Gasteiger partial charge in [-0.2, -0.15) is 18.4 Å². The second-order valence-corrected chi connectivity index (χ2v) is 6.82. The van der Waals surface area contributed by atoms with Crippen molar-refractivity contribution >= 4 is 17.8 Å². The van der Waals surface area contributed by atoms with Crippen molar-refractivity contribution in [1.82, 2.24) is 10.2 Å². The van der Waals surface area contributed by atoms with Crippen molar-refractivity contribution in [3.63, 3.8) is 0 Å². The molecule has 1 heterocycles. The fourth-order valence-electron chi connectivity index (χ4n) is 3.16. The molecule has 11 heteroatoms. The first kappa shape index (κ1) is 23.7. The van der Waals surface area contributed by atoms with Crippen LogP contribution in [0, 0.1) is 11.3 Å². The predicted octanol–water partition coefficient (Wildman–Crippen LogP) is 1.30. The highest BCUT2D eigenvalue weighted by molar-refractivity contribution is 5.84. The van der Waals surface area contributed by atoms with Gasteiger partial charge in [0.2, 0.25) is 11.8 Å². The molecule has 1 aliphatic heterocycles. The number of hydrogen-bond acceptors (Lipinski definition) is 5. The molecule has 1 saturated carbocycles. The van der Waals surface area contributed by atoms with Crippen molar-refractivity contribution in [3.05, 3.63) is 0 Å². The molecule has 2 fully saturated rings. The van der Waals surface area contributed by atoms with E-state index in [1.54, 1.807) is 4.90 Å². The minimum absolute atomic E-state index is 0.0246. The highest BCUT2D eigenvalue weighted by Crippen LogP contribution is 2.19. The first-order chi connectivity index (χ1) is 13.1. The number of carboxylic acid groups (broad SMARTS) is 1. The lowest BCUT2D eigenvalue weighted by Crippen LogP contribution is -2.46. The molecule has 0 aromatic rings. The molecule has 1 saturated heterocycles. The smallest absolute Gasteiger partial charge is 0.475 e. The van der Waals surface area contributed by atoms with E-state index in [1.165, 1.54) is 12.8 Å². The Kier molecular flexibility index (Phi) is 9.18. The van der Waals surface area contributed by atoms with Crippen molar-refractivity contribution in [2.24, 2.45) is 5.73 Å². The number of amides is 2. The molecular formula is C17H25F3N4O4. The van der Waals surface area contributed by atoms with Gasteiger partial charge in [-0.25, -0.2) is 4.79 Å². The zero-order chi connectivity index (χ0) is 21.3. The number of alkyl halides is 3. The molecule has 2 rings (SSSR count). The summed E-state index contributed by atoms with van der Waals surface area (Å²) >= 11 is 0. The van der Waals surface area contributed by atoms with Crippen LogP contribution in [-0.4, -0.2) is 58.6 Å². The number of halogens is 3. The number of carbonyl (C=O) groups is 3. The van der Waals surface area contributed by atoms with Gasteiger partial charge in [0, 0.05) is 19.0 Å². The predicted molar refractivity (Wildman–Crippen MR) is 91.6 cm³/mol. The number of hydrogen-bond donors (Lipinski definition) is 3. The van der Waals surface area contributed by atoms with E-state index in [1.807, 2.05) is 0 Å². The van der Waals surface area contributed by atoms with E-state index in [-0.39, 0.29) is 24.3 Å². The molecule has 1 aliphatic carbocycles. The van der Waals surface area contributed by atoms with E-state index < -0.39 is 18.2 Å². The summed E-state index contributed by atoms with van der Waals surface area (Å²) in [6, 6.07) is 1.39. The molecule has 2 amide bonds. The van der Waals surface area contributed by atoms with Crippen LogP contribution >= 0.6 is 0 Å². The zero-order valence-corrected chi connectivity index (χ0v) is 15.4. The summed E-state index contributed by atoms with van der Waals surface area (Å²) in [5.74, 6) is -2.98. The SMILES string of the molecule is N#C[C@@H]1CCCN1C(=O)[C@@H](N)CCC(=O)NC1CCCC1.O=C(O)C(F)(F)F. The lowest BCUT2D eigenvalue weighted by molar-refractivity contribution is -0.192. The molecule has 0 aromatic heterocycles. The first-order valence-electron chi connectivity index (χ1n) is 9.11. The van der Waals surface area contributed by atoms with E-state index in [4.69, 9.17) is 20.9 Å². The number of nitrogens with two attached hydrogens (primary N) is 1. The molecule has 0 radical (unpaired) electrons. The van der Waals surface area contributed by atoms with Crippen molar-refractivity contribution in [2.75, 3.05) is 6.54 Å². The molecule has 0 bridgehead atoms. The normalized spacial score (nSPS) is 20.7. The average molecular weight is 406 g/mol. The molecule has 8 nitrogen and oxygen atoms in total. The summed E-state index contributed by atoms with van der Waals surface area (Å²) < 4.78 is 31.7. The third kappa shape index (κ3) is 7.72. The van der Waals surface area contributed by atoms with Gasteiger partial charge in [-0.15, -0.1) is 0 Å². The molecule has 2 aliphatic rings. The van der Waals surface area contributed by atoms with Crippen LogP contribution in [-0.2, 0) is 14.4 Å². The van der Waals surface area contributed by atoms with E-state index >= 15 is 0 Å². The Morgan fingerprint density at radius 3 is 2.29 bits per heavy atom. The van der Waals surface area contributed by atoms with Gasteiger partial charge in [-0.1, -0.05) is 12.8 Å². The van der Waals surface area contributed by atoms with Crippen molar-refractivity contribution in [3.8, 4) is 6.07 Å². The topological polar surface area (TPSA) is 137 Å². The summed E-state index contributed by atoms with van der Waals surface area (Å²) in [6.45, 7) is 0.596. The summed E-state index contributed by atoms with van der Waals surface area (Å²) in [5, 5.41) is 19.1. The Bertz CT molecular complexity index is 600. The summed E-state index contributed by atoms with van der Waals surface area (Å²) in [7, 11) is 0. The van der Waals surface area contributed by atoms with Crippen LogP contribution in [0.2, 0.25) is 0 Å². The van der Waals surface area contributed by atoms with Crippen LogP contribution < -0.4 is 11.1 Å². The van der Waals surface area contributed by atoms with Gasteiger partial charge in [0.25, 0.3) is 0 Å². The maximum atomic E-state index is 12.2. The molecule has 4 N–H and O–H groups in total. The van der Waals surface area contributed by atoms with Gasteiger partial charge >= 0.3 is 12.1 Å². The Balaban J connectivity index is 0.000000480. The molecule has 0 unspecified atom stereocenters. The van der Waals surface area contributed by atoms with E-state index in [9.17, 15) is 22.8 Å². The van der Waals surface area contributed by atoms with Crippen LogP contribution in [0.3, 0.4) is 0 Å². The van der Waals surface area contributed by atoms with Crippen LogP contribution in [0.15, 0.2) is 0 Å². The molecule has 28 heavy (non-hydrogen) atoms. The Morgan fingerprint density at radius 1 is 1.21 bits per heavy atom. The molecule has 2 atom stereocenters. The van der Waals surface area contributed by atoms with E-state index in [2.05, 4.69) is 11.4 Å². The number of rotatable bonds is 5.